The zero-order valence-electron chi connectivity index (χ0n) is 18.4. The van der Waals surface area contributed by atoms with Crippen LogP contribution < -0.4 is 0 Å². The topological polar surface area (TPSA) is 71.4 Å². The molecule has 0 radical (unpaired) electrons. The summed E-state index contributed by atoms with van der Waals surface area (Å²) in [5.41, 5.74) is 3.98. The van der Waals surface area contributed by atoms with Gasteiger partial charge in [-0.15, -0.1) is 0 Å². The molecule has 1 aliphatic rings. The fourth-order valence-corrected chi connectivity index (χ4v) is 4.39. The van der Waals surface area contributed by atoms with E-state index in [1.807, 2.05) is 19.9 Å². The molecule has 1 aromatic rings. The smallest absolute Gasteiger partial charge is 0.310 e. The number of aryl methyl sites for hydroxylation is 1. The lowest BCUT2D eigenvalue weighted by molar-refractivity contribution is -0.139. The van der Waals surface area contributed by atoms with Crippen molar-refractivity contribution in [2.45, 2.75) is 91.4 Å². The molecule has 2 rings (SSSR count). The summed E-state index contributed by atoms with van der Waals surface area (Å²) in [7, 11) is 0. The number of benzene rings is 1. The van der Waals surface area contributed by atoms with Crippen LogP contribution in [0, 0.1) is 6.92 Å². The maximum Gasteiger partial charge on any atom is 0.310 e. The minimum Gasteiger partial charge on any atom is -0.481 e. The molecule has 158 valence electrons. The van der Waals surface area contributed by atoms with Crippen LogP contribution in [0.2, 0.25) is 0 Å². The molecule has 1 unspecified atom stereocenters. The van der Waals surface area contributed by atoms with Gasteiger partial charge in [0.2, 0.25) is 11.6 Å². The van der Waals surface area contributed by atoms with E-state index in [9.17, 15) is 19.5 Å². The number of aliphatic carboxylic acids is 1. The zero-order valence-corrected chi connectivity index (χ0v) is 18.4. The first kappa shape index (κ1) is 23.1. The monoisotopic (exact) mass is 398 g/mol. The number of Topliss-reactive ketones (excluding diaryl/α,β-unsaturated/α-hetero) is 2. The van der Waals surface area contributed by atoms with Gasteiger partial charge in [-0.3, -0.25) is 14.4 Å². The molecule has 0 bridgehead atoms. The van der Waals surface area contributed by atoms with Gasteiger partial charge in [-0.05, 0) is 54.5 Å². The van der Waals surface area contributed by atoms with Crippen molar-refractivity contribution < 1.29 is 19.5 Å². The van der Waals surface area contributed by atoms with E-state index in [1.165, 1.54) is 19.3 Å². The Bertz CT molecular complexity index is 830. The van der Waals surface area contributed by atoms with Crippen LogP contribution in [0.1, 0.15) is 117 Å². The molecule has 0 saturated heterocycles. The number of carbonyl (C=O) groups is 3. The molecule has 0 saturated carbocycles. The van der Waals surface area contributed by atoms with Crippen LogP contribution in [-0.4, -0.2) is 22.6 Å². The summed E-state index contributed by atoms with van der Waals surface area (Å²) in [5, 5.41) is 9.98. The van der Waals surface area contributed by atoms with Crippen molar-refractivity contribution in [1.82, 2.24) is 0 Å². The number of ketones is 2. The van der Waals surface area contributed by atoms with E-state index >= 15 is 0 Å². The lowest BCUT2D eigenvalue weighted by Crippen LogP contribution is -2.24. The van der Waals surface area contributed by atoms with Gasteiger partial charge in [0.25, 0.3) is 0 Å². The Balaban J connectivity index is 2.45. The van der Waals surface area contributed by atoms with Gasteiger partial charge in [0, 0.05) is 11.1 Å². The van der Waals surface area contributed by atoms with Gasteiger partial charge in [-0.25, -0.2) is 0 Å². The predicted molar refractivity (Wildman–Crippen MR) is 117 cm³/mol. The number of rotatable bonds is 10. The van der Waals surface area contributed by atoms with Crippen molar-refractivity contribution in [3.05, 3.63) is 39.5 Å². The Morgan fingerprint density at radius 2 is 1.62 bits per heavy atom. The van der Waals surface area contributed by atoms with Crippen molar-refractivity contribution >= 4 is 23.6 Å². The normalized spacial score (nSPS) is 14.8. The second-order valence-electron chi connectivity index (χ2n) is 8.57. The molecule has 1 N–H and O–H groups in total. The van der Waals surface area contributed by atoms with Gasteiger partial charge in [0.05, 0.1) is 5.92 Å². The summed E-state index contributed by atoms with van der Waals surface area (Å²) in [6.07, 6.45) is 9.03. The van der Waals surface area contributed by atoms with Gasteiger partial charge < -0.3 is 5.11 Å². The Morgan fingerprint density at radius 3 is 2.21 bits per heavy atom. The second-order valence-corrected chi connectivity index (χ2v) is 8.57. The Hall–Kier alpha value is -2.23. The minimum atomic E-state index is -0.821. The third-order valence-electron chi connectivity index (χ3n) is 5.89. The largest absolute Gasteiger partial charge is 0.481 e. The van der Waals surface area contributed by atoms with Crippen molar-refractivity contribution in [3.63, 3.8) is 0 Å². The van der Waals surface area contributed by atoms with E-state index in [-0.39, 0.29) is 5.92 Å². The number of fused-ring (bicyclic) bond motifs is 1. The van der Waals surface area contributed by atoms with Crippen molar-refractivity contribution in [2.24, 2.45) is 0 Å². The summed E-state index contributed by atoms with van der Waals surface area (Å²) in [6.45, 7) is 9.67. The molecular weight excluding hydrogens is 364 g/mol. The van der Waals surface area contributed by atoms with Crippen LogP contribution in [0.15, 0.2) is 11.6 Å². The fraction of sp³-hybridized carbons (Fsp3) is 0.560. The first-order valence-electron chi connectivity index (χ1n) is 10.9. The predicted octanol–water partition coefficient (Wildman–Crippen LogP) is 6.21. The van der Waals surface area contributed by atoms with Gasteiger partial charge in [0.15, 0.2) is 0 Å². The van der Waals surface area contributed by atoms with Gasteiger partial charge in [-0.2, -0.15) is 0 Å². The van der Waals surface area contributed by atoms with Crippen LogP contribution in [0.5, 0.6) is 0 Å². The standard InChI is InChI=1S/C25H34O4/c1-6-7-8-9-10-11-12-18(25(28)29)19-13-16(4)22-20(21(19)15(2)3)14-17(5)23(26)24(22)27/h13-15,18H,6-12H2,1-5H3,(H,28,29). The summed E-state index contributed by atoms with van der Waals surface area (Å²) in [4.78, 5) is 37.0. The molecule has 1 aliphatic carbocycles. The lowest BCUT2D eigenvalue weighted by Gasteiger charge is -2.26. The minimum absolute atomic E-state index is 0.0517. The first-order valence-corrected chi connectivity index (χ1v) is 10.9. The molecule has 1 aromatic carbocycles. The van der Waals surface area contributed by atoms with Crippen molar-refractivity contribution in [1.29, 1.82) is 0 Å². The molecule has 0 amide bonds. The van der Waals surface area contributed by atoms with Crippen LogP contribution in [-0.2, 0) is 9.59 Å². The fourth-order valence-electron chi connectivity index (χ4n) is 4.39. The highest BCUT2D eigenvalue weighted by molar-refractivity contribution is 6.52. The molecular formula is C25H34O4. The SMILES string of the molecule is CCCCCCCCC(C(=O)O)c1cc(C)c2c(c1C(C)C)C=C(C)C(=O)C2=O. The van der Waals surface area contributed by atoms with Crippen LogP contribution >= 0.6 is 0 Å². The third kappa shape index (κ3) is 5.04. The van der Waals surface area contributed by atoms with E-state index in [0.717, 1.165) is 36.0 Å². The number of allylic oxidation sites excluding steroid dienone is 1. The number of unbranched alkanes of at least 4 members (excludes halogenated alkanes) is 5. The molecule has 29 heavy (non-hydrogen) atoms. The van der Waals surface area contributed by atoms with E-state index in [0.29, 0.717) is 23.1 Å². The number of hydrogen-bond donors (Lipinski definition) is 1. The lowest BCUT2D eigenvalue weighted by atomic mass is 9.76. The summed E-state index contributed by atoms with van der Waals surface area (Å²) in [5.74, 6) is -2.31. The molecule has 0 spiro atoms. The highest BCUT2D eigenvalue weighted by atomic mass is 16.4. The van der Waals surface area contributed by atoms with E-state index in [4.69, 9.17) is 0 Å². The summed E-state index contributed by atoms with van der Waals surface area (Å²) >= 11 is 0. The number of hydrogen-bond acceptors (Lipinski definition) is 3. The molecule has 0 heterocycles. The molecule has 4 heteroatoms. The molecule has 1 atom stereocenters. The second kappa shape index (κ2) is 10.00. The number of carbonyl (C=O) groups excluding carboxylic acids is 2. The van der Waals surface area contributed by atoms with Crippen molar-refractivity contribution in [2.75, 3.05) is 0 Å². The zero-order chi connectivity index (χ0) is 21.7. The van der Waals surface area contributed by atoms with Gasteiger partial charge in [-0.1, -0.05) is 65.4 Å². The Kier molecular flexibility index (Phi) is 7.95. The average Bonchev–Trinajstić information content (AvgIpc) is 2.64. The highest BCUT2D eigenvalue weighted by Crippen LogP contribution is 2.39. The maximum atomic E-state index is 12.6. The Labute approximate surface area is 174 Å². The Morgan fingerprint density at radius 1 is 1.00 bits per heavy atom. The van der Waals surface area contributed by atoms with E-state index in [1.54, 1.807) is 19.9 Å². The number of carboxylic acids is 1. The van der Waals surface area contributed by atoms with Crippen LogP contribution in [0.3, 0.4) is 0 Å². The van der Waals surface area contributed by atoms with Crippen LogP contribution in [0.4, 0.5) is 0 Å². The maximum absolute atomic E-state index is 12.6. The highest BCUT2D eigenvalue weighted by Gasteiger charge is 2.33. The van der Waals surface area contributed by atoms with E-state index < -0.39 is 23.5 Å². The van der Waals surface area contributed by atoms with Gasteiger partial charge in [0.1, 0.15) is 0 Å². The molecule has 0 fully saturated rings. The van der Waals surface area contributed by atoms with Gasteiger partial charge >= 0.3 is 5.97 Å². The summed E-state index contributed by atoms with van der Waals surface area (Å²) < 4.78 is 0. The molecule has 0 aliphatic heterocycles. The van der Waals surface area contributed by atoms with E-state index in [2.05, 4.69) is 6.92 Å². The summed E-state index contributed by atoms with van der Waals surface area (Å²) in [6, 6.07) is 1.84. The van der Waals surface area contributed by atoms with Crippen molar-refractivity contribution in [3.8, 4) is 0 Å². The van der Waals surface area contributed by atoms with Crippen LogP contribution in [0.25, 0.3) is 6.08 Å². The number of carboxylic acid groups (broad SMARTS) is 1. The average molecular weight is 399 g/mol. The quantitative estimate of drug-likeness (QED) is 0.376. The first-order chi connectivity index (χ1) is 13.7. The molecule has 4 nitrogen and oxygen atoms in total. The molecule has 0 aromatic heterocycles. The third-order valence-corrected chi connectivity index (χ3v) is 5.89.